The van der Waals surface area contributed by atoms with Gasteiger partial charge in [0.05, 0.1) is 0 Å². The average molecular weight is 168 g/mol. The molecule has 0 bridgehead atoms. The summed E-state index contributed by atoms with van der Waals surface area (Å²) in [5.74, 6) is 0. The van der Waals surface area contributed by atoms with Crippen LogP contribution in [0.5, 0.6) is 0 Å². The summed E-state index contributed by atoms with van der Waals surface area (Å²) < 4.78 is 8.55. The minimum Gasteiger partial charge on any atom is -1.00 e. The summed E-state index contributed by atoms with van der Waals surface area (Å²) in [5.41, 5.74) is 0. The first-order valence-electron chi connectivity index (χ1n) is 0.730. The predicted molar refractivity (Wildman–Crippen MR) is 7.61 cm³/mol. The third-order valence-corrected chi connectivity index (χ3v) is 0. The summed E-state index contributed by atoms with van der Waals surface area (Å²) in [6.45, 7) is 0. The topological polar surface area (TPSA) is 86.2 Å². The Balaban J connectivity index is -0.00000000381. The Morgan fingerprint density at radius 1 is 0.667 bits per heavy atom. The number of rotatable bonds is 0. The second-order valence-electron chi connectivity index (χ2n) is 0.447. The predicted octanol–water partition coefficient (Wildman–Crippen LogP) is -23.8. The van der Waals surface area contributed by atoms with E-state index < -0.39 is 7.82 Å². The van der Waals surface area contributed by atoms with Crippen LogP contribution < -0.4 is 118 Å². The molecule has 0 atom stereocenters. The molecule has 0 aromatic carbocycles. The zero-order valence-corrected chi connectivity index (χ0v) is 8.73. The Morgan fingerprint density at radius 2 is 0.667 bits per heavy atom. The van der Waals surface area contributed by atoms with Crippen LogP contribution in [0.1, 0.15) is 0 Å². The molecule has 0 unspecified atom stereocenters. The summed E-state index contributed by atoms with van der Waals surface area (Å²) in [6.07, 6.45) is 0. The molecule has 0 fully saturated rings. The SMILES string of the molecule is O=P([O-])([O-])[O-].[F-].[F-].[Li+].[Li+].[Li+].[Li+].[Li+]. The maximum Gasteiger partial charge on any atom is 1.00 e. The normalized spacial score (nSPS) is 4.92. The summed E-state index contributed by atoms with van der Waals surface area (Å²) in [7, 11) is -5.39. The number of hydrogen-bond donors (Lipinski definition) is 0. The van der Waals surface area contributed by atoms with Crippen molar-refractivity contribution in [2.24, 2.45) is 0 Å². The molecule has 12 heteroatoms. The van der Waals surface area contributed by atoms with E-state index in [4.69, 9.17) is 19.2 Å². The maximum absolute atomic E-state index is 8.55. The molecule has 0 aliphatic carbocycles. The summed E-state index contributed by atoms with van der Waals surface area (Å²) in [4.78, 5) is 25.6. The molecule has 0 amide bonds. The Bertz CT molecular complexity index is 67.6. The first kappa shape index (κ1) is 60.2. The molecule has 0 aromatic heterocycles. The molecular weight excluding hydrogens is 168 g/mol. The van der Waals surface area contributed by atoms with Crippen LogP contribution in [0.4, 0.5) is 0 Å². The summed E-state index contributed by atoms with van der Waals surface area (Å²) >= 11 is 0. The molecule has 0 rings (SSSR count). The van der Waals surface area contributed by atoms with Crippen molar-refractivity contribution >= 4 is 7.82 Å². The van der Waals surface area contributed by atoms with Crippen molar-refractivity contribution in [3.8, 4) is 0 Å². The average Bonchev–Trinajstić information content (AvgIpc) is 0.722. The number of halogens is 2. The molecule has 0 aliphatic heterocycles. The minimum absolute atomic E-state index is 0. The number of phosphoric acid groups is 1. The second kappa shape index (κ2) is 29.2. The van der Waals surface area contributed by atoms with Gasteiger partial charge in [0.1, 0.15) is 0 Å². The van der Waals surface area contributed by atoms with Crippen molar-refractivity contribution in [2.45, 2.75) is 0 Å². The molecule has 4 nitrogen and oxygen atoms in total. The Kier molecular flexibility index (Phi) is 147. The van der Waals surface area contributed by atoms with Crippen molar-refractivity contribution in [2.75, 3.05) is 0 Å². The minimum atomic E-state index is -5.39. The van der Waals surface area contributed by atoms with Gasteiger partial charge in [0.2, 0.25) is 0 Å². The van der Waals surface area contributed by atoms with Crippen LogP contribution in [0.25, 0.3) is 0 Å². The van der Waals surface area contributed by atoms with Crippen LogP contribution in [-0.4, -0.2) is 0 Å². The molecule has 0 radical (unpaired) electrons. The molecule has 0 aliphatic rings. The van der Waals surface area contributed by atoms with Crippen molar-refractivity contribution < 1.29 is 123 Å². The van der Waals surface area contributed by atoms with E-state index in [0.717, 1.165) is 0 Å². The zero-order chi connectivity index (χ0) is 4.50. The van der Waals surface area contributed by atoms with Crippen LogP contribution in [-0.2, 0) is 4.57 Å². The van der Waals surface area contributed by atoms with E-state index in [1.54, 1.807) is 0 Å². The van der Waals surface area contributed by atoms with Crippen molar-refractivity contribution in [1.82, 2.24) is 0 Å². The van der Waals surface area contributed by atoms with Gasteiger partial charge in [-0.2, -0.15) is 7.82 Å². The van der Waals surface area contributed by atoms with E-state index in [2.05, 4.69) is 0 Å². The fourth-order valence-electron chi connectivity index (χ4n) is 0. The molecule has 0 spiro atoms. The fourth-order valence-corrected chi connectivity index (χ4v) is 0. The van der Waals surface area contributed by atoms with Gasteiger partial charge in [-0.15, -0.1) is 0 Å². The summed E-state index contributed by atoms with van der Waals surface area (Å²) in [6, 6.07) is 0. The van der Waals surface area contributed by atoms with Crippen LogP contribution in [0.2, 0.25) is 0 Å². The molecule has 0 aromatic rings. The molecule has 0 saturated heterocycles. The second-order valence-corrected chi connectivity index (χ2v) is 1.34. The first-order valence-corrected chi connectivity index (χ1v) is 2.19. The maximum atomic E-state index is 8.55. The molecule has 48 valence electrons. The fraction of sp³-hybridized carbons (Fsp3) is 0. The van der Waals surface area contributed by atoms with E-state index in [-0.39, 0.29) is 104 Å². The van der Waals surface area contributed by atoms with E-state index >= 15 is 0 Å². The smallest absolute Gasteiger partial charge is 1.00 e. The van der Waals surface area contributed by atoms with Crippen LogP contribution in [0.15, 0.2) is 0 Å². The third-order valence-electron chi connectivity index (χ3n) is 0. The van der Waals surface area contributed by atoms with Gasteiger partial charge < -0.3 is 28.7 Å². The van der Waals surface area contributed by atoms with E-state index in [9.17, 15) is 0 Å². The van der Waals surface area contributed by atoms with Gasteiger partial charge in [-0.05, 0) is 0 Å². The van der Waals surface area contributed by atoms with Crippen molar-refractivity contribution in [3.63, 3.8) is 0 Å². The van der Waals surface area contributed by atoms with Crippen molar-refractivity contribution in [1.29, 1.82) is 0 Å². The van der Waals surface area contributed by atoms with E-state index in [0.29, 0.717) is 0 Å². The van der Waals surface area contributed by atoms with Gasteiger partial charge in [-0.25, -0.2) is 0 Å². The van der Waals surface area contributed by atoms with E-state index in [1.807, 2.05) is 0 Å². The zero-order valence-electron chi connectivity index (χ0n) is 7.84. The van der Waals surface area contributed by atoms with Crippen LogP contribution >= 0.6 is 7.82 Å². The molecule has 0 heterocycles. The van der Waals surface area contributed by atoms with Gasteiger partial charge in [-0.1, -0.05) is 0 Å². The standard InChI is InChI=1S/2FH.5Li.H3O4P/c;;;;;;;1-5(2,3)4/h2*1H;;;;;;(H3,1,2,3,4)/q;;5*+1;/p-5. The molecular formula is F2Li5O4P. The third kappa shape index (κ3) is 212. The molecule has 0 N–H and O–H groups in total. The van der Waals surface area contributed by atoms with E-state index in [1.165, 1.54) is 0 Å². The van der Waals surface area contributed by atoms with Gasteiger partial charge >= 0.3 is 94.3 Å². The number of hydrogen-bond acceptors (Lipinski definition) is 4. The Labute approximate surface area is 129 Å². The van der Waals surface area contributed by atoms with Gasteiger partial charge in [0.15, 0.2) is 0 Å². The summed E-state index contributed by atoms with van der Waals surface area (Å²) in [5, 5.41) is 0. The van der Waals surface area contributed by atoms with Crippen LogP contribution in [0.3, 0.4) is 0 Å². The Morgan fingerprint density at radius 3 is 0.667 bits per heavy atom. The first-order chi connectivity index (χ1) is 2.00. The monoisotopic (exact) mass is 168 g/mol. The Hall–Kier alpha value is 2.96. The largest absolute Gasteiger partial charge is 1.00 e. The molecule has 12 heavy (non-hydrogen) atoms. The van der Waals surface area contributed by atoms with Crippen molar-refractivity contribution in [3.05, 3.63) is 0 Å². The quantitative estimate of drug-likeness (QED) is 0.265. The van der Waals surface area contributed by atoms with Gasteiger partial charge in [-0.3, -0.25) is 0 Å². The molecule has 0 saturated carbocycles. The van der Waals surface area contributed by atoms with Crippen LogP contribution in [0, 0.1) is 0 Å². The van der Waals surface area contributed by atoms with Gasteiger partial charge in [0.25, 0.3) is 0 Å². The van der Waals surface area contributed by atoms with Gasteiger partial charge in [0, 0.05) is 0 Å².